The summed E-state index contributed by atoms with van der Waals surface area (Å²) in [5, 5.41) is 0. The van der Waals surface area contributed by atoms with Crippen molar-refractivity contribution in [1.29, 1.82) is 0 Å². The molecule has 0 aliphatic rings. The summed E-state index contributed by atoms with van der Waals surface area (Å²) in [6.07, 6.45) is 0. The van der Waals surface area contributed by atoms with Gasteiger partial charge in [-0.3, -0.25) is 0 Å². The minimum absolute atomic E-state index is 0. The van der Waals surface area contributed by atoms with Gasteiger partial charge in [0.25, 0.3) is 0 Å². The van der Waals surface area contributed by atoms with Gasteiger partial charge >= 0.3 is 21.0 Å². The van der Waals surface area contributed by atoms with Gasteiger partial charge in [0, 0.05) is 50.3 Å². The van der Waals surface area contributed by atoms with Crippen molar-refractivity contribution in [2.75, 3.05) is 0 Å². The fourth-order valence-electron chi connectivity index (χ4n) is 0. The second kappa shape index (κ2) is 37.5. The van der Waals surface area contributed by atoms with Crippen LogP contribution in [0.3, 0.4) is 0 Å². The van der Waals surface area contributed by atoms with Crippen LogP contribution in [0.1, 0.15) is 0 Å². The topological polar surface area (TPSA) is 26.0 Å². The van der Waals surface area contributed by atoms with E-state index in [2.05, 4.69) is 21.0 Å². The molecule has 0 spiro atoms. The summed E-state index contributed by atoms with van der Waals surface area (Å²) in [4.78, 5) is 0. The van der Waals surface area contributed by atoms with Crippen molar-refractivity contribution in [3.8, 4) is 0 Å². The Kier molecular flexibility index (Phi) is 210. The van der Waals surface area contributed by atoms with Gasteiger partial charge in [-0.25, -0.2) is 0 Å². The Morgan fingerprint density at radius 3 is 1.20 bits per heavy atom. The fraction of sp³-hybridized carbons (Fsp3) is 0. The molecule has 0 aliphatic carbocycles. The van der Waals surface area contributed by atoms with Crippen LogP contribution in [0.25, 0.3) is 0 Å². The molecule has 0 aliphatic heterocycles. The van der Waals surface area contributed by atoms with Crippen LogP contribution >= 0.6 is 0 Å². The predicted octanol–water partition coefficient (Wildman–Crippen LogP) is -0.601. The second-order valence-corrected chi connectivity index (χ2v) is 0. The standard InChI is InChI=1S/Co.2Fe.H2N.Ni/h;;;1H2;/q;;+1;-1;. The van der Waals surface area contributed by atoms with Gasteiger partial charge in [0.1, 0.15) is 0 Å². The van der Waals surface area contributed by atoms with Gasteiger partial charge in [-0.1, -0.05) is 0 Å². The summed E-state index contributed by atoms with van der Waals surface area (Å²) in [5.74, 6) is 0. The number of rotatable bonds is 0. The van der Waals surface area contributed by atoms with E-state index >= 15 is 0 Å². The van der Waals surface area contributed by atoms with Gasteiger partial charge in [0.15, 0.2) is 0 Å². The Labute approximate surface area is 70.8 Å². The Hall–Kier alpha value is 2.00. The summed E-state index contributed by atoms with van der Waals surface area (Å²) in [6, 6.07) is 0. The molecule has 0 fully saturated rings. The van der Waals surface area contributed by atoms with Crippen molar-refractivity contribution in [3.63, 3.8) is 0 Å². The van der Waals surface area contributed by atoms with Gasteiger partial charge in [0.05, 0.1) is 0 Å². The molecule has 5 heavy (non-hydrogen) atoms. The third kappa shape index (κ3) is 24.0. The van der Waals surface area contributed by atoms with Crippen molar-refractivity contribution in [2.45, 2.75) is 0 Å². The number of hydrogen-bond donors (Lipinski definition) is 1. The van der Waals surface area contributed by atoms with Crippen LogP contribution in [-0.4, -0.2) is 0 Å². The maximum absolute atomic E-state index is 4.25. The van der Waals surface area contributed by atoms with Gasteiger partial charge in [0.2, 0.25) is 0 Å². The molecular formula is H2CoFe2NNi. The normalized spacial score (nSPS) is 1.20. The number of nitrogens with two attached hydrogens (primary N) is 1. The second-order valence-electron chi connectivity index (χ2n) is 0. The third-order valence-corrected chi connectivity index (χ3v) is 0. The summed E-state index contributed by atoms with van der Waals surface area (Å²) < 4.78 is 4.25. The molecule has 42 valence electrons. The average molecular weight is 245 g/mol. The molecule has 0 heterocycles. The van der Waals surface area contributed by atoms with E-state index in [1.54, 1.807) is 0 Å². The van der Waals surface area contributed by atoms with Crippen molar-refractivity contribution in [1.82, 2.24) is 0 Å². The Balaban J connectivity index is -0.00000000167. The van der Waals surface area contributed by atoms with Crippen LogP contribution in [0.2, 0.25) is 0 Å². The van der Waals surface area contributed by atoms with E-state index in [4.69, 9.17) is 0 Å². The first-order chi connectivity index (χ1) is 1.00. The molecule has 0 aromatic rings. The first kappa shape index (κ1) is 28.0. The van der Waals surface area contributed by atoms with Crippen LogP contribution in [0, 0.1) is 0 Å². The summed E-state index contributed by atoms with van der Waals surface area (Å²) in [7, 11) is 0. The Morgan fingerprint density at radius 2 is 1.20 bits per heavy atom. The minimum Gasteiger partial charge on any atom is 0 e. The first-order valence-electron chi connectivity index (χ1n) is 0.204. The SMILES string of the molecule is [Co].[Fe].[NH2][Fe].[Ni]. The molecular weight excluding hydrogens is 243 g/mol. The van der Waals surface area contributed by atoms with Crippen molar-refractivity contribution < 1.29 is 66.6 Å². The van der Waals surface area contributed by atoms with Crippen LogP contribution < -0.4 is 4.75 Å². The average Bonchev–Trinajstić information content (AvgIpc) is 1.00. The van der Waals surface area contributed by atoms with Gasteiger partial charge in [-0.05, 0) is 0 Å². The van der Waals surface area contributed by atoms with E-state index in [0.29, 0.717) is 0 Å². The smallest absolute Gasteiger partial charge is 0 e. The first-order valence-corrected chi connectivity index (χ1v) is 0.842. The quantitative estimate of drug-likeness (QED) is 0.567. The molecule has 1 radical (unpaired) electrons. The summed E-state index contributed by atoms with van der Waals surface area (Å²) in [5.41, 5.74) is 0. The van der Waals surface area contributed by atoms with E-state index < -0.39 is 0 Å². The maximum Gasteiger partial charge on any atom is 0 e. The zero-order chi connectivity index (χ0) is 2.00. The predicted molar refractivity (Wildman–Crippen MR) is 4.19 cm³/mol. The third-order valence-electron chi connectivity index (χ3n) is 0. The molecule has 0 rings (SSSR count). The zero-order valence-electron chi connectivity index (χ0n) is 1.93. The molecule has 5 heteroatoms. The van der Waals surface area contributed by atoms with Crippen molar-refractivity contribution in [3.05, 3.63) is 0 Å². The van der Waals surface area contributed by atoms with Crippen molar-refractivity contribution in [2.24, 2.45) is 4.75 Å². The van der Waals surface area contributed by atoms with Gasteiger partial charge in [-0.15, -0.1) is 0 Å². The molecule has 0 saturated heterocycles. The molecule has 0 amide bonds. The van der Waals surface area contributed by atoms with E-state index in [9.17, 15) is 0 Å². The molecule has 0 unspecified atom stereocenters. The molecule has 0 aromatic carbocycles. The summed E-state index contributed by atoms with van der Waals surface area (Å²) >= 11 is 2.75. The maximum atomic E-state index is 4.25. The molecule has 2 N–H and O–H groups in total. The Morgan fingerprint density at radius 1 is 1.20 bits per heavy atom. The minimum atomic E-state index is 0. The van der Waals surface area contributed by atoms with Crippen molar-refractivity contribution >= 4 is 0 Å². The van der Waals surface area contributed by atoms with E-state index in [1.165, 1.54) is 0 Å². The summed E-state index contributed by atoms with van der Waals surface area (Å²) in [6.45, 7) is 0. The molecule has 0 saturated carbocycles. The van der Waals surface area contributed by atoms with Crippen LogP contribution in [0.5, 0.6) is 0 Å². The largest absolute Gasteiger partial charge is 0 e. The van der Waals surface area contributed by atoms with Gasteiger partial charge < -0.3 is 0 Å². The monoisotopic (exact) mass is 245 g/mol. The molecule has 0 aromatic heterocycles. The van der Waals surface area contributed by atoms with Crippen LogP contribution in [0.4, 0.5) is 0 Å². The molecule has 1 nitrogen and oxygen atoms in total. The number of hydrogen-bond acceptors (Lipinski definition) is 1. The molecule has 0 atom stereocenters. The fourth-order valence-corrected chi connectivity index (χ4v) is 0. The Bertz CT molecular complexity index is 9.61. The van der Waals surface area contributed by atoms with Crippen LogP contribution in [-0.2, 0) is 66.6 Å². The van der Waals surface area contributed by atoms with E-state index in [0.717, 1.165) is 0 Å². The van der Waals surface area contributed by atoms with Crippen LogP contribution in [0.15, 0.2) is 0 Å². The van der Waals surface area contributed by atoms with E-state index in [1.807, 2.05) is 0 Å². The zero-order valence-corrected chi connectivity index (χ0v) is 6.17. The van der Waals surface area contributed by atoms with Gasteiger partial charge in [-0.2, -0.15) is 0 Å². The van der Waals surface area contributed by atoms with E-state index in [-0.39, 0.29) is 50.3 Å². The molecule has 0 bridgehead atoms.